The van der Waals surface area contributed by atoms with Crippen molar-refractivity contribution in [3.8, 4) is 0 Å². The summed E-state index contributed by atoms with van der Waals surface area (Å²) < 4.78 is 14.7. The van der Waals surface area contributed by atoms with Crippen LogP contribution in [0.4, 0.5) is 11.8 Å². The van der Waals surface area contributed by atoms with Crippen molar-refractivity contribution in [2.24, 2.45) is 0 Å². The minimum atomic E-state index is -1.10. The van der Waals surface area contributed by atoms with Crippen LogP contribution in [0.25, 0.3) is 5.65 Å². The van der Waals surface area contributed by atoms with Crippen molar-refractivity contribution < 1.29 is 9.32 Å². The van der Waals surface area contributed by atoms with Crippen molar-refractivity contribution in [1.82, 2.24) is 19.4 Å². The van der Waals surface area contributed by atoms with Gasteiger partial charge in [0.15, 0.2) is 0 Å². The molecule has 8 nitrogen and oxygen atoms in total. The number of nitrogens with one attached hydrogen (secondary N) is 1. The van der Waals surface area contributed by atoms with Gasteiger partial charge in [0.1, 0.15) is 16.4 Å². The molecular formula is C20H21ClN6O2S. The molecule has 0 unspecified atom stereocenters. The predicted octanol–water partition coefficient (Wildman–Crippen LogP) is 2.29. The second-order valence-electron chi connectivity index (χ2n) is 8.30. The van der Waals surface area contributed by atoms with Crippen molar-refractivity contribution >= 4 is 39.8 Å². The van der Waals surface area contributed by atoms with Crippen LogP contribution < -0.4 is 10.2 Å². The number of pyridine rings is 1. The number of nitrogens with zero attached hydrogens (tertiary/aromatic N) is 5. The zero-order valence-corrected chi connectivity index (χ0v) is 17.8. The highest BCUT2D eigenvalue weighted by molar-refractivity contribution is 7.85. The Morgan fingerprint density at radius 2 is 2.10 bits per heavy atom. The second-order valence-corrected chi connectivity index (χ2v) is 10.2. The van der Waals surface area contributed by atoms with E-state index in [4.69, 9.17) is 26.6 Å². The van der Waals surface area contributed by atoms with Gasteiger partial charge in [-0.3, -0.25) is 4.21 Å². The van der Waals surface area contributed by atoms with Crippen LogP contribution in [0.5, 0.6) is 0 Å². The van der Waals surface area contributed by atoms with E-state index >= 15 is 0 Å². The molecule has 0 amide bonds. The number of halogens is 1. The summed E-state index contributed by atoms with van der Waals surface area (Å²) in [5, 5.41) is 14.0. The van der Waals surface area contributed by atoms with Gasteiger partial charge in [-0.05, 0) is 25.3 Å². The number of aromatic nitrogens is 4. The van der Waals surface area contributed by atoms with Crippen LogP contribution >= 0.6 is 11.6 Å². The van der Waals surface area contributed by atoms with Gasteiger partial charge in [0.25, 0.3) is 0 Å². The van der Waals surface area contributed by atoms with E-state index in [9.17, 15) is 9.32 Å². The number of hydrogen-bond donors (Lipinski definition) is 2. The average molecular weight is 445 g/mol. The van der Waals surface area contributed by atoms with E-state index in [0.29, 0.717) is 46.9 Å². The monoisotopic (exact) mass is 444 g/mol. The first kappa shape index (κ1) is 18.5. The standard InChI is InChI=1S/C20H21ClN6O2S/c21-12-2-6-27-15-10-26(9-14(15)22-16(27)8-12)19-23-13-3-7-30(29)17(13)18(24-19)25-20(11-28)4-1-5-20/h2,6,8,28H,1,3-5,7,9-11H2,(H,23,24,25)/t30-/m0/s1. The lowest BCUT2D eigenvalue weighted by Gasteiger charge is -2.41. The Morgan fingerprint density at radius 3 is 2.87 bits per heavy atom. The van der Waals surface area contributed by atoms with Gasteiger partial charge >= 0.3 is 0 Å². The van der Waals surface area contributed by atoms with Crippen LogP contribution in [-0.2, 0) is 30.3 Å². The van der Waals surface area contributed by atoms with Gasteiger partial charge in [0.2, 0.25) is 5.95 Å². The molecule has 3 aliphatic rings. The number of imidazole rings is 1. The number of aliphatic hydroxyl groups is 1. The SMILES string of the molecule is O=[S@]1CCc2nc(N3Cc4nc5cc(Cl)ccn5c4C3)nc(NC3(CO)CCC3)c21. The maximum absolute atomic E-state index is 12.6. The normalized spacial score (nSPS) is 21.5. The second kappa shape index (κ2) is 6.63. The molecule has 6 rings (SSSR count). The van der Waals surface area contributed by atoms with E-state index in [1.54, 1.807) is 0 Å². The fraction of sp³-hybridized carbons (Fsp3) is 0.450. The van der Waals surface area contributed by atoms with Crippen molar-refractivity contribution in [2.75, 3.05) is 22.6 Å². The highest BCUT2D eigenvalue weighted by atomic mass is 35.5. The first-order chi connectivity index (χ1) is 14.5. The number of rotatable bonds is 4. The van der Waals surface area contributed by atoms with E-state index < -0.39 is 10.8 Å². The molecule has 0 aromatic carbocycles. The predicted molar refractivity (Wildman–Crippen MR) is 114 cm³/mol. The molecule has 0 bridgehead atoms. The minimum Gasteiger partial charge on any atom is -0.394 e. The van der Waals surface area contributed by atoms with E-state index in [-0.39, 0.29) is 12.1 Å². The van der Waals surface area contributed by atoms with Crippen molar-refractivity contribution in [3.05, 3.63) is 40.4 Å². The maximum Gasteiger partial charge on any atom is 0.228 e. The lowest BCUT2D eigenvalue weighted by Crippen LogP contribution is -2.48. The molecule has 5 heterocycles. The number of aryl methyl sites for hydroxylation is 1. The lowest BCUT2D eigenvalue weighted by molar-refractivity contribution is 0.143. The van der Waals surface area contributed by atoms with Crippen molar-refractivity contribution in [2.45, 2.75) is 49.2 Å². The molecule has 10 heteroatoms. The number of aliphatic hydroxyl groups excluding tert-OH is 1. The van der Waals surface area contributed by atoms with Gasteiger partial charge in [0, 0.05) is 29.5 Å². The number of anilines is 2. The van der Waals surface area contributed by atoms with Gasteiger partial charge in [0.05, 0.1) is 53.1 Å². The summed E-state index contributed by atoms with van der Waals surface area (Å²) in [6.45, 7) is 1.30. The summed E-state index contributed by atoms with van der Waals surface area (Å²) in [7, 11) is -1.10. The summed E-state index contributed by atoms with van der Waals surface area (Å²) in [5.74, 6) is 1.80. The Morgan fingerprint density at radius 1 is 1.23 bits per heavy atom. The smallest absolute Gasteiger partial charge is 0.228 e. The Kier molecular flexibility index (Phi) is 4.10. The summed E-state index contributed by atoms with van der Waals surface area (Å²) in [4.78, 5) is 17.1. The van der Waals surface area contributed by atoms with Gasteiger partial charge < -0.3 is 19.7 Å². The zero-order valence-electron chi connectivity index (χ0n) is 16.3. The molecule has 2 N–H and O–H groups in total. The van der Waals surface area contributed by atoms with Crippen LogP contribution in [0.3, 0.4) is 0 Å². The fourth-order valence-corrected chi connectivity index (χ4v) is 6.02. The quantitative estimate of drug-likeness (QED) is 0.637. The van der Waals surface area contributed by atoms with Crippen LogP contribution in [-0.4, -0.2) is 46.6 Å². The molecule has 156 valence electrons. The molecule has 0 spiro atoms. The molecule has 3 aromatic rings. The molecule has 0 saturated heterocycles. The topological polar surface area (TPSA) is 95.7 Å². The maximum atomic E-state index is 12.6. The fourth-order valence-electron chi connectivity index (χ4n) is 4.56. The first-order valence-corrected chi connectivity index (χ1v) is 11.8. The van der Waals surface area contributed by atoms with Crippen LogP contribution in [0.2, 0.25) is 5.02 Å². The Hall–Kier alpha value is -2.23. The van der Waals surface area contributed by atoms with E-state index in [0.717, 1.165) is 42.0 Å². The summed E-state index contributed by atoms with van der Waals surface area (Å²) >= 11 is 6.10. The zero-order chi connectivity index (χ0) is 20.5. The van der Waals surface area contributed by atoms with Crippen molar-refractivity contribution in [1.29, 1.82) is 0 Å². The Labute approximate surface area is 180 Å². The van der Waals surface area contributed by atoms with Crippen LogP contribution in [0.15, 0.2) is 23.2 Å². The Balaban J connectivity index is 1.37. The Bertz CT molecular complexity index is 1200. The van der Waals surface area contributed by atoms with Gasteiger partial charge in [-0.25, -0.2) is 9.97 Å². The molecule has 0 radical (unpaired) electrons. The van der Waals surface area contributed by atoms with Gasteiger partial charge in [-0.2, -0.15) is 4.98 Å². The molecular weight excluding hydrogens is 424 g/mol. The number of fused-ring (bicyclic) bond motifs is 4. The van der Waals surface area contributed by atoms with E-state index in [2.05, 4.69) is 14.6 Å². The molecule has 3 aromatic heterocycles. The summed E-state index contributed by atoms with van der Waals surface area (Å²) in [6.07, 6.45) is 5.47. The van der Waals surface area contributed by atoms with Crippen LogP contribution in [0.1, 0.15) is 36.3 Å². The van der Waals surface area contributed by atoms with Crippen molar-refractivity contribution in [3.63, 3.8) is 0 Å². The van der Waals surface area contributed by atoms with Gasteiger partial charge in [-0.15, -0.1) is 0 Å². The van der Waals surface area contributed by atoms with E-state index in [1.807, 2.05) is 18.3 Å². The molecule has 1 aliphatic carbocycles. The molecule has 2 aliphatic heterocycles. The summed E-state index contributed by atoms with van der Waals surface area (Å²) in [5.41, 5.74) is 3.42. The van der Waals surface area contributed by atoms with Gasteiger partial charge in [-0.1, -0.05) is 11.6 Å². The average Bonchev–Trinajstić information content (AvgIpc) is 3.37. The largest absolute Gasteiger partial charge is 0.394 e. The molecule has 30 heavy (non-hydrogen) atoms. The lowest BCUT2D eigenvalue weighted by atomic mass is 9.77. The number of hydrogen-bond acceptors (Lipinski definition) is 7. The molecule has 1 fully saturated rings. The minimum absolute atomic E-state index is 0.0438. The third-order valence-electron chi connectivity index (χ3n) is 6.41. The van der Waals surface area contributed by atoms with E-state index in [1.165, 1.54) is 0 Å². The molecule has 1 saturated carbocycles. The first-order valence-electron chi connectivity index (χ1n) is 10.1. The highest BCUT2D eigenvalue weighted by Gasteiger charge is 2.39. The van der Waals surface area contributed by atoms with Crippen LogP contribution in [0, 0.1) is 0 Å². The highest BCUT2D eigenvalue weighted by Crippen LogP contribution is 2.39. The third-order valence-corrected chi connectivity index (χ3v) is 8.10. The summed E-state index contributed by atoms with van der Waals surface area (Å²) in [6, 6.07) is 3.72. The molecule has 1 atom stereocenters. The third kappa shape index (κ3) is 2.75.